The Morgan fingerprint density at radius 1 is 1.26 bits per heavy atom. The van der Waals surface area contributed by atoms with E-state index in [1.807, 2.05) is 18.2 Å². The molecule has 1 saturated heterocycles. The normalized spacial score (nSPS) is 23.2. The van der Waals surface area contributed by atoms with Crippen molar-refractivity contribution in [1.29, 1.82) is 0 Å². The van der Waals surface area contributed by atoms with E-state index in [9.17, 15) is 5.11 Å². The van der Waals surface area contributed by atoms with Crippen molar-refractivity contribution in [1.82, 2.24) is 10.2 Å². The van der Waals surface area contributed by atoms with Crippen LogP contribution in [0.5, 0.6) is 5.75 Å². The van der Waals surface area contributed by atoms with Crippen LogP contribution in [0.4, 0.5) is 0 Å². The third-order valence-electron chi connectivity index (χ3n) is 4.08. The number of nitrogens with one attached hydrogen (secondary N) is 1. The van der Waals surface area contributed by atoms with Crippen molar-refractivity contribution < 1.29 is 9.84 Å². The average molecular weight is 262 g/mol. The van der Waals surface area contributed by atoms with Gasteiger partial charge in [-0.05, 0) is 32.0 Å². The molecule has 1 aromatic carbocycles. The minimum absolute atomic E-state index is 0.537. The summed E-state index contributed by atoms with van der Waals surface area (Å²) in [5.41, 5.74) is 0.683. The lowest BCUT2D eigenvalue weighted by Gasteiger charge is -2.36. The summed E-state index contributed by atoms with van der Waals surface area (Å²) in [5.74, 6) is 0.988. The second-order valence-electron chi connectivity index (χ2n) is 5.64. The highest BCUT2D eigenvalue weighted by Gasteiger charge is 2.32. The van der Waals surface area contributed by atoms with E-state index >= 15 is 0 Å². The van der Waals surface area contributed by atoms with Crippen LogP contribution in [0.3, 0.4) is 0 Å². The molecule has 0 saturated carbocycles. The molecule has 0 amide bonds. The van der Waals surface area contributed by atoms with Crippen molar-refractivity contribution in [3.63, 3.8) is 0 Å². The van der Waals surface area contributed by atoms with Gasteiger partial charge in [0, 0.05) is 25.2 Å². The molecule has 104 valence electrons. The van der Waals surface area contributed by atoms with Crippen molar-refractivity contribution in [3.05, 3.63) is 29.8 Å². The maximum atomic E-state index is 10.6. The largest absolute Gasteiger partial charge is 0.492 e. The minimum atomic E-state index is -0.537. The number of β-amino-alcohol motifs (C(OH)–C–C–N with tert-alkyl or cyclic N) is 1. The lowest BCUT2D eigenvalue weighted by Crippen LogP contribution is -2.49. The van der Waals surface area contributed by atoms with E-state index in [-0.39, 0.29) is 0 Å². The van der Waals surface area contributed by atoms with E-state index in [0.29, 0.717) is 6.61 Å². The molecule has 4 heteroatoms. The van der Waals surface area contributed by atoms with Crippen molar-refractivity contribution in [2.24, 2.45) is 0 Å². The summed E-state index contributed by atoms with van der Waals surface area (Å²) in [6, 6.07) is 8.19. The summed E-state index contributed by atoms with van der Waals surface area (Å²) in [6.07, 6.45) is 1.68. The van der Waals surface area contributed by atoms with Gasteiger partial charge < -0.3 is 15.2 Å². The summed E-state index contributed by atoms with van der Waals surface area (Å²) in [7, 11) is 0. The van der Waals surface area contributed by atoms with Gasteiger partial charge in [0.2, 0.25) is 0 Å². The molecule has 2 heterocycles. The Morgan fingerprint density at radius 2 is 2.05 bits per heavy atom. The molecule has 4 nitrogen and oxygen atoms in total. The lowest BCUT2D eigenvalue weighted by atomic mass is 9.91. The maximum Gasteiger partial charge on any atom is 0.123 e. The zero-order valence-corrected chi connectivity index (χ0v) is 11.3. The van der Waals surface area contributed by atoms with Crippen LogP contribution in [0.2, 0.25) is 0 Å². The van der Waals surface area contributed by atoms with Crippen LogP contribution < -0.4 is 10.1 Å². The molecule has 2 N–H and O–H groups in total. The second-order valence-corrected chi connectivity index (χ2v) is 5.64. The number of aliphatic hydroxyl groups is 1. The summed E-state index contributed by atoms with van der Waals surface area (Å²) in [6.45, 7) is 5.02. The summed E-state index contributed by atoms with van der Waals surface area (Å²) < 4.78 is 5.77. The fourth-order valence-corrected chi connectivity index (χ4v) is 2.98. The predicted molar refractivity (Wildman–Crippen MR) is 74.3 cm³/mol. The first-order valence-electron chi connectivity index (χ1n) is 7.11. The fraction of sp³-hybridized carbons (Fsp3) is 0.600. The molecule has 19 heavy (non-hydrogen) atoms. The summed E-state index contributed by atoms with van der Waals surface area (Å²) in [4.78, 5) is 2.32. The number of hydrogen-bond acceptors (Lipinski definition) is 4. The highest BCUT2D eigenvalue weighted by atomic mass is 16.5. The number of nitrogens with zero attached hydrogens (tertiary/aromatic N) is 1. The van der Waals surface area contributed by atoms with Gasteiger partial charge in [0.25, 0.3) is 0 Å². The molecule has 0 atom stereocenters. The zero-order valence-electron chi connectivity index (χ0n) is 11.3. The molecule has 0 aromatic heterocycles. The Morgan fingerprint density at radius 3 is 2.89 bits per heavy atom. The van der Waals surface area contributed by atoms with E-state index in [4.69, 9.17) is 4.74 Å². The summed E-state index contributed by atoms with van der Waals surface area (Å²) in [5, 5.41) is 13.9. The standard InChI is InChI=1S/C15H22N2O2/c18-15(5-7-16-8-6-15)12-17-9-10-19-14-4-2-1-3-13(14)11-17/h1-4,16,18H,5-12H2. The molecular weight excluding hydrogens is 240 g/mol. The third kappa shape index (κ3) is 3.08. The van der Waals surface area contributed by atoms with Crippen molar-refractivity contribution in [2.45, 2.75) is 25.0 Å². The van der Waals surface area contributed by atoms with Crippen LogP contribution >= 0.6 is 0 Å². The van der Waals surface area contributed by atoms with Gasteiger partial charge >= 0.3 is 0 Å². The molecule has 0 unspecified atom stereocenters. The molecule has 0 radical (unpaired) electrons. The number of rotatable bonds is 2. The highest BCUT2D eigenvalue weighted by molar-refractivity contribution is 5.33. The van der Waals surface area contributed by atoms with Crippen molar-refractivity contribution >= 4 is 0 Å². The molecule has 1 aromatic rings. The Bertz CT molecular complexity index is 430. The van der Waals surface area contributed by atoms with Gasteiger partial charge in [-0.15, -0.1) is 0 Å². The fourth-order valence-electron chi connectivity index (χ4n) is 2.98. The molecule has 0 bridgehead atoms. The Balaban J connectivity index is 1.69. The number of piperidine rings is 1. The molecule has 2 aliphatic heterocycles. The first-order chi connectivity index (χ1) is 9.25. The summed E-state index contributed by atoms with van der Waals surface area (Å²) >= 11 is 0. The third-order valence-corrected chi connectivity index (χ3v) is 4.08. The van der Waals surface area contributed by atoms with E-state index < -0.39 is 5.60 Å². The highest BCUT2D eigenvalue weighted by Crippen LogP contribution is 2.25. The van der Waals surface area contributed by atoms with Gasteiger partial charge in [-0.2, -0.15) is 0 Å². The van der Waals surface area contributed by atoms with Gasteiger partial charge in [-0.3, -0.25) is 4.90 Å². The molecule has 1 fully saturated rings. The number of benzene rings is 1. The molecular formula is C15H22N2O2. The topological polar surface area (TPSA) is 44.7 Å². The number of hydrogen-bond donors (Lipinski definition) is 2. The van der Waals surface area contributed by atoms with Crippen molar-refractivity contribution in [2.75, 3.05) is 32.8 Å². The van der Waals surface area contributed by atoms with Gasteiger partial charge in [-0.25, -0.2) is 0 Å². The monoisotopic (exact) mass is 262 g/mol. The number of fused-ring (bicyclic) bond motifs is 1. The second kappa shape index (κ2) is 5.49. The average Bonchev–Trinajstić information content (AvgIpc) is 2.60. The number of para-hydroxylation sites is 1. The van der Waals surface area contributed by atoms with Crippen LogP contribution in [0, 0.1) is 0 Å². The van der Waals surface area contributed by atoms with Crippen LogP contribution in [0.25, 0.3) is 0 Å². The van der Waals surface area contributed by atoms with Gasteiger partial charge in [0.15, 0.2) is 0 Å². The first kappa shape index (κ1) is 12.9. The number of ether oxygens (including phenoxy) is 1. The van der Waals surface area contributed by atoms with Crippen LogP contribution in [-0.4, -0.2) is 48.4 Å². The quantitative estimate of drug-likeness (QED) is 0.834. The molecule has 2 aliphatic rings. The van der Waals surface area contributed by atoms with E-state index in [1.165, 1.54) is 5.56 Å². The van der Waals surface area contributed by atoms with Crippen LogP contribution in [-0.2, 0) is 6.54 Å². The van der Waals surface area contributed by atoms with Gasteiger partial charge in [0.1, 0.15) is 12.4 Å². The van der Waals surface area contributed by atoms with E-state index in [1.54, 1.807) is 0 Å². The predicted octanol–water partition coefficient (Wildman–Crippen LogP) is 0.995. The SMILES string of the molecule is OC1(CN2CCOc3ccccc3C2)CCNCC1. The van der Waals surface area contributed by atoms with E-state index in [2.05, 4.69) is 16.3 Å². The lowest BCUT2D eigenvalue weighted by molar-refractivity contribution is -0.0233. The minimum Gasteiger partial charge on any atom is -0.492 e. The van der Waals surface area contributed by atoms with E-state index in [0.717, 1.165) is 51.3 Å². The Labute approximate surface area is 114 Å². The molecule has 3 rings (SSSR count). The molecule has 0 spiro atoms. The molecule has 0 aliphatic carbocycles. The van der Waals surface area contributed by atoms with Crippen LogP contribution in [0.15, 0.2) is 24.3 Å². The van der Waals surface area contributed by atoms with Gasteiger partial charge in [0.05, 0.1) is 5.60 Å². The smallest absolute Gasteiger partial charge is 0.123 e. The Kier molecular flexibility index (Phi) is 3.73. The van der Waals surface area contributed by atoms with Crippen LogP contribution in [0.1, 0.15) is 18.4 Å². The Hall–Kier alpha value is -1.10. The maximum absolute atomic E-state index is 10.6. The zero-order chi connectivity index (χ0) is 13.1. The first-order valence-corrected chi connectivity index (χ1v) is 7.11. The van der Waals surface area contributed by atoms with Gasteiger partial charge in [-0.1, -0.05) is 18.2 Å². The van der Waals surface area contributed by atoms with Crippen molar-refractivity contribution in [3.8, 4) is 5.75 Å².